The number of epoxide rings is 1. The number of aromatic nitrogens is 2. The fourth-order valence-electron chi connectivity index (χ4n) is 1.27. The molecule has 1 aliphatic rings. The van der Waals surface area contributed by atoms with Gasteiger partial charge in [-0.2, -0.15) is 5.10 Å². The van der Waals surface area contributed by atoms with Crippen LogP contribution in [0.2, 0.25) is 0 Å². The average Bonchev–Trinajstić information content (AvgIpc) is 2.64. The maximum atomic E-state index is 5.14. The van der Waals surface area contributed by atoms with E-state index in [-0.39, 0.29) is 0 Å². The van der Waals surface area contributed by atoms with Crippen LogP contribution in [0.25, 0.3) is 0 Å². The Morgan fingerprint density at radius 2 is 2.55 bits per heavy atom. The number of ether oxygens (including phenoxy) is 1. The predicted octanol–water partition coefficient (Wildman–Crippen LogP) is 0.670. The first-order valence-corrected chi connectivity index (χ1v) is 3.87. The van der Waals surface area contributed by atoms with Crippen molar-refractivity contribution in [2.45, 2.75) is 19.4 Å². The topological polar surface area (TPSA) is 30.4 Å². The van der Waals surface area contributed by atoms with Crippen molar-refractivity contribution in [3.63, 3.8) is 0 Å². The van der Waals surface area contributed by atoms with Crippen LogP contribution in [-0.2, 0) is 18.2 Å². The zero-order valence-corrected chi connectivity index (χ0v) is 6.87. The molecule has 1 unspecified atom stereocenters. The molecule has 0 saturated carbocycles. The Labute approximate surface area is 66.0 Å². The van der Waals surface area contributed by atoms with E-state index in [4.69, 9.17) is 4.74 Å². The summed E-state index contributed by atoms with van der Waals surface area (Å²) in [6.45, 7) is 2.93. The first kappa shape index (κ1) is 6.85. The van der Waals surface area contributed by atoms with Crippen LogP contribution in [0.4, 0.5) is 0 Å². The summed E-state index contributed by atoms with van der Waals surface area (Å²) >= 11 is 0. The van der Waals surface area contributed by atoms with Crippen LogP contribution in [0.5, 0.6) is 0 Å². The van der Waals surface area contributed by atoms with Crippen molar-refractivity contribution in [3.8, 4) is 0 Å². The molecule has 1 aliphatic heterocycles. The van der Waals surface area contributed by atoms with Crippen molar-refractivity contribution >= 4 is 0 Å². The molecule has 2 heterocycles. The minimum atomic E-state index is 0.463. The second-order valence-electron chi connectivity index (χ2n) is 3.06. The van der Waals surface area contributed by atoms with E-state index in [1.165, 1.54) is 5.69 Å². The minimum Gasteiger partial charge on any atom is -0.373 e. The van der Waals surface area contributed by atoms with Gasteiger partial charge in [0.25, 0.3) is 0 Å². The molecule has 2 rings (SSSR count). The highest BCUT2D eigenvalue weighted by molar-refractivity contribution is 5.10. The fraction of sp³-hybridized carbons (Fsp3) is 0.625. The summed E-state index contributed by atoms with van der Waals surface area (Å²) < 4.78 is 7.06. The van der Waals surface area contributed by atoms with Crippen molar-refractivity contribution in [1.29, 1.82) is 0 Å². The van der Waals surface area contributed by atoms with Gasteiger partial charge >= 0.3 is 0 Å². The molecule has 0 radical (unpaired) electrons. The Hall–Kier alpha value is -0.830. The summed E-state index contributed by atoms with van der Waals surface area (Å²) in [5.74, 6) is 0. The standard InChI is InChI=1S/C8H12N2O/c1-6-3-7(10(2)9-6)4-8-5-11-8/h3,8H,4-5H2,1-2H3. The van der Waals surface area contributed by atoms with E-state index in [1.54, 1.807) is 0 Å². The lowest BCUT2D eigenvalue weighted by Crippen LogP contribution is -2.01. The lowest BCUT2D eigenvalue weighted by Gasteiger charge is -1.96. The summed E-state index contributed by atoms with van der Waals surface area (Å²) in [4.78, 5) is 0. The van der Waals surface area contributed by atoms with Gasteiger partial charge in [0.1, 0.15) is 0 Å². The molecule has 3 nitrogen and oxygen atoms in total. The second kappa shape index (κ2) is 2.34. The summed E-state index contributed by atoms with van der Waals surface area (Å²) in [5, 5.41) is 4.25. The maximum Gasteiger partial charge on any atom is 0.0865 e. The summed E-state index contributed by atoms with van der Waals surface area (Å²) in [6.07, 6.45) is 1.47. The minimum absolute atomic E-state index is 0.463. The van der Waals surface area contributed by atoms with Gasteiger partial charge in [-0.15, -0.1) is 0 Å². The smallest absolute Gasteiger partial charge is 0.0865 e. The lowest BCUT2D eigenvalue weighted by atomic mass is 10.2. The maximum absolute atomic E-state index is 5.14. The van der Waals surface area contributed by atoms with Crippen LogP contribution < -0.4 is 0 Å². The van der Waals surface area contributed by atoms with Gasteiger partial charge in [0, 0.05) is 19.2 Å². The predicted molar refractivity (Wildman–Crippen MR) is 41.4 cm³/mol. The van der Waals surface area contributed by atoms with Gasteiger partial charge in [-0.3, -0.25) is 4.68 Å². The van der Waals surface area contributed by atoms with Crippen LogP contribution in [-0.4, -0.2) is 22.5 Å². The Balaban J connectivity index is 2.14. The average molecular weight is 152 g/mol. The van der Waals surface area contributed by atoms with E-state index in [9.17, 15) is 0 Å². The third kappa shape index (κ3) is 1.43. The van der Waals surface area contributed by atoms with E-state index in [1.807, 2.05) is 18.7 Å². The molecule has 0 aliphatic carbocycles. The van der Waals surface area contributed by atoms with Gasteiger partial charge in [-0.1, -0.05) is 0 Å². The number of hydrogen-bond acceptors (Lipinski definition) is 2. The summed E-state index contributed by atoms with van der Waals surface area (Å²) in [5.41, 5.74) is 2.35. The van der Waals surface area contributed by atoms with Crippen molar-refractivity contribution in [2.75, 3.05) is 6.61 Å². The molecular weight excluding hydrogens is 140 g/mol. The number of hydrogen-bond donors (Lipinski definition) is 0. The zero-order valence-electron chi connectivity index (χ0n) is 6.87. The normalized spacial score (nSPS) is 22.2. The molecule has 3 heteroatoms. The molecule has 0 spiro atoms. The SMILES string of the molecule is Cc1cc(CC2CO2)n(C)n1. The van der Waals surface area contributed by atoms with E-state index in [0.717, 1.165) is 18.7 Å². The van der Waals surface area contributed by atoms with Crippen molar-refractivity contribution in [2.24, 2.45) is 7.05 Å². The molecule has 1 aromatic heterocycles. The highest BCUT2D eigenvalue weighted by Gasteiger charge is 2.23. The molecule has 60 valence electrons. The molecule has 0 amide bonds. The highest BCUT2D eigenvalue weighted by Crippen LogP contribution is 2.15. The Bertz CT molecular complexity index is 263. The quantitative estimate of drug-likeness (QED) is 0.583. The molecule has 1 fully saturated rings. The first-order chi connectivity index (χ1) is 5.25. The van der Waals surface area contributed by atoms with Gasteiger partial charge in [0.15, 0.2) is 0 Å². The van der Waals surface area contributed by atoms with Gasteiger partial charge in [0.2, 0.25) is 0 Å². The Morgan fingerprint density at radius 3 is 3.00 bits per heavy atom. The first-order valence-electron chi connectivity index (χ1n) is 3.87. The van der Waals surface area contributed by atoms with Crippen LogP contribution in [0.15, 0.2) is 6.07 Å². The number of nitrogens with zero attached hydrogens (tertiary/aromatic N) is 2. The summed E-state index contributed by atoms with van der Waals surface area (Å²) in [6, 6.07) is 2.11. The van der Waals surface area contributed by atoms with Gasteiger partial charge in [0.05, 0.1) is 18.4 Å². The van der Waals surface area contributed by atoms with Crippen LogP contribution in [0, 0.1) is 6.92 Å². The van der Waals surface area contributed by atoms with Gasteiger partial charge in [-0.05, 0) is 13.0 Å². The molecule has 0 aromatic carbocycles. The van der Waals surface area contributed by atoms with Crippen LogP contribution in [0.1, 0.15) is 11.4 Å². The van der Waals surface area contributed by atoms with Crippen molar-refractivity contribution < 1.29 is 4.74 Å². The van der Waals surface area contributed by atoms with Crippen LogP contribution in [0.3, 0.4) is 0 Å². The largest absolute Gasteiger partial charge is 0.373 e. The molecule has 1 saturated heterocycles. The molecule has 0 bridgehead atoms. The van der Waals surface area contributed by atoms with Crippen molar-refractivity contribution in [1.82, 2.24) is 9.78 Å². The number of aryl methyl sites for hydroxylation is 2. The molecule has 1 atom stereocenters. The third-order valence-corrected chi connectivity index (χ3v) is 1.94. The van der Waals surface area contributed by atoms with E-state index >= 15 is 0 Å². The van der Waals surface area contributed by atoms with E-state index in [0.29, 0.717) is 6.10 Å². The highest BCUT2D eigenvalue weighted by atomic mass is 16.6. The van der Waals surface area contributed by atoms with E-state index in [2.05, 4.69) is 11.2 Å². The Kier molecular flexibility index (Phi) is 1.46. The molecule has 11 heavy (non-hydrogen) atoms. The summed E-state index contributed by atoms with van der Waals surface area (Å²) in [7, 11) is 1.98. The fourth-order valence-corrected chi connectivity index (χ4v) is 1.27. The van der Waals surface area contributed by atoms with Gasteiger partial charge < -0.3 is 4.74 Å². The molecule has 0 N–H and O–H groups in total. The monoisotopic (exact) mass is 152 g/mol. The van der Waals surface area contributed by atoms with Crippen molar-refractivity contribution in [3.05, 3.63) is 17.5 Å². The molecular formula is C8H12N2O. The lowest BCUT2D eigenvalue weighted by molar-refractivity contribution is 0.403. The molecule has 1 aromatic rings. The van der Waals surface area contributed by atoms with Crippen LogP contribution >= 0.6 is 0 Å². The second-order valence-corrected chi connectivity index (χ2v) is 3.06. The third-order valence-electron chi connectivity index (χ3n) is 1.94. The zero-order chi connectivity index (χ0) is 7.84. The Morgan fingerprint density at radius 1 is 1.82 bits per heavy atom. The van der Waals surface area contributed by atoms with Gasteiger partial charge in [-0.25, -0.2) is 0 Å². The number of rotatable bonds is 2. The van der Waals surface area contributed by atoms with E-state index < -0.39 is 0 Å².